The molecule has 0 saturated carbocycles. The number of methoxy groups -OCH3 is 1. The Labute approximate surface area is 97.4 Å². The summed E-state index contributed by atoms with van der Waals surface area (Å²) >= 11 is 0. The Balaban J connectivity index is 2.27. The number of rotatable bonds is 2. The van der Waals surface area contributed by atoms with Gasteiger partial charge in [-0.1, -0.05) is 4.68 Å². The molecule has 0 aromatic carbocycles. The summed E-state index contributed by atoms with van der Waals surface area (Å²) in [5.41, 5.74) is 0.910. The van der Waals surface area contributed by atoms with E-state index >= 15 is 0 Å². The molecule has 0 amide bonds. The molecule has 3 aromatic rings. The third-order valence-electron chi connectivity index (χ3n) is 2.64. The van der Waals surface area contributed by atoms with Crippen molar-refractivity contribution in [3.05, 3.63) is 30.9 Å². The summed E-state index contributed by atoms with van der Waals surface area (Å²) in [7, 11) is 3.50. The molecule has 0 aliphatic heterocycles. The molecular weight excluding hydrogens is 218 g/mol. The van der Waals surface area contributed by atoms with Crippen molar-refractivity contribution in [2.45, 2.75) is 0 Å². The SMILES string of the molecule is COc1cnc(-n2cc[n+](C)n2)c2[nH]ccc12. The maximum Gasteiger partial charge on any atom is 0.272 e. The van der Waals surface area contributed by atoms with Crippen LogP contribution in [0.25, 0.3) is 16.7 Å². The first-order chi connectivity index (χ1) is 8.29. The predicted molar refractivity (Wildman–Crippen MR) is 60.9 cm³/mol. The van der Waals surface area contributed by atoms with Crippen LogP contribution in [0, 0.1) is 0 Å². The van der Waals surface area contributed by atoms with Crippen molar-refractivity contribution in [2.24, 2.45) is 7.05 Å². The minimum absolute atomic E-state index is 0.751. The number of aromatic amines is 1. The minimum atomic E-state index is 0.751. The number of hydrogen-bond donors (Lipinski definition) is 1. The molecule has 0 aliphatic rings. The van der Waals surface area contributed by atoms with Crippen LogP contribution < -0.4 is 9.42 Å². The largest absolute Gasteiger partial charge is 0.494 e. The van der Waals surface area contributed by atoms with Crippen LogP contribution in [0.2, 0.25) is 0 Å². The zero-order valence-electron chi connectivity index (χ0n) is 9.58. The summed E-state index contributed by atoms with van der Waals surface area (Å²) in [6, 6.07) is 1.96. The highest BCUT2D eigenvalue weighted by molar-refractivity contribution is 5.90. The number of aromatic nitrogens is 5. The fourth-order valence-corrected chi connectivity index (χ4v) is 1.83. The Bertz CT molecular complexity index is 669. The molecule has 6 heteroatoms. The van der Waals surface area contributed by atoms with Crippen molar-refractivity contribution in [3.63, 3.8) is 0 Å². The van der Waals surface area contributed by atoms with Crippen molar-refractivity contribution in [3.8, 4) is 11.6 Å². The van der Waals surface area contributed by atoms with Gasteiger partial charge < -0.3 is 9.72 Å². The van der Waals surface area contributed by atoms with E-state index in [0.29, 0.717) is 0 Å². The second-order valence-corrected chi connectivity index (χ2v) is 3.72. The maximum absolute atomic E-state index is 5.26. The van der Waals surface area contributed by atoms with Crippen LogP contribution in [-0.4, -0.2) is 27.0 Å². The Morgan fingerprint density at radius 1 is 1.47 bits per heavy atom. The van der Waals surface area contributed by atoms with E-state index in [9.17, 15) is 0 Å². The highest BCUT2D eigenvalue weighted by Crippen LogP contribution is 2.26. The average molecular weight is 230 g/mol. The van der Waals surface area contributed by atoms with E-state index in [1.54, 1.807) is 22.7 Å². The molecule has 86 valence electrons. The number of pyridine rings is 1. The molecule has 1 N–H and O–H groups in total. The van der Waals surface area contributed by atoms with Crippen LogP contribution in [0.15, 0.2) is 30.9 Å². The molecule has 3 aromatic heterocycles. The molecule has 0 unspecified atom stereocenters. The molecule has 0 spiro atoms. The molecular formula is C11H12N5O+. The van der Waals surface area contributed by atoms with Crippen LogP contribution in [0.1, 0.15) is 0 Å². The Hall–Kier alpha value is -2.37. The molecule has 0 saturated heterocycles. The molecule has 0 atom stereocenters. The molecule has 3 heterocycles. The van der Waals surface area contributed by atoms with E-state index < -0.39 is 0 Å². The van der Waals surface area contributed by atoms with E-state index in [-0.39, 0.29) is 0 Å². The minimum Gasteiger partial charge on any atom is -0.494 e. The second kappa shape index (κ2) is 3.58. The second-order valence-electron chi connectivity index (χ2n) is 3.72. The van der Waals surface area contributed by atoms with Gasteiger partial charge in [0.1, 0.15) is 18.3 Å². The van der Waals surface area contributed by atoms with Gasteiger partial charge in [-0.3, -0.25) is 0 Å². The topological polar surface area (TPSA) is 59.6 Å². The van der Waals surface area contributed by atoms with Gasteiger partial charge in [-0.25, -0.2) is 4.98 Å². The zero-order chi connectivity index (χ0) is 11.8. The first kappa shape index (κ1) is 9.83. The molecule has 0 fully saturated rings. The van der Waals surface area contributed by atoms with E-state index in [4.69, 9.17) is 4.74 Å². The lowest BCUT2D eigenvalue weighted by molar-refractivity contribution is -0.731. The maximum atomic E-state index is 5.26. The number of nitrogens with one attached hydrogen (secondary N) is 1. The Morgan fingerprint density at radius 3 is 3.06 bits per heavy atom. The summed E-state index contributed by atoms with van der Waals surface area (Å²) < 4.78 is 8.71. The number of H-pyrrole nitrogens is 1. The predicted octanol–water partition coefficient (Wildman–Crippen LogP) is 0.582. The van der Waals surface area contributed by atoms with Crippen molar-refractivity contribution < 1.29 is 9.42 Å². The van der Waals surface area contributed by atoms with Crippen LogP contribution in [0.5, 0.6) is 5.75 Å². The van der Waals surface area contributed by atoms with Gasteiger partial charge in [0, 0.05) is 11.6 Å². The van der Waals surface area contributed by atoms with E-state index in [1.807, 2.05) is 31.7 Å². The number of aryl methyl sites for hydroxylation is 1. The number of ether oxygens (including phenoxy) is 1. The zero-order valence-corrected chi connectivity index (χ0v) is 9.58. The van der Waals surface area contributed by atoms with Crippen molar-refractivity contribution in [1.82, 2.24) is 19.9 Å². The Kier molecular flexibility index (Phi) is 2.07. The summed E-state index contributed by atoms with van der Waals surface area (Å²) in [6.45, 7) is 0. The smallest absolute Gasteiger partial charge is 0.272 e. The summed E-state index contributed by atoms with van der Waals surface area (Å²) in [5, 5.41) is 5.27. The monoisotopic (exact) mass is 230 g/mol. The summed E-state index contributed by atoms with van der Waals surface area (Å²) in [6.07, 6.45) is 7.28. The van der Waals surface area contributed by atoms with Crippen molar-refractivity contribution >= 4 is 10.9 Å². The van der Waals surface area contributed by atoms with Crippen LogP contribution in [-0.2, 0) is 7.05 Å². The Morgan fingerprint density at radius 2 is 2.35 bits per heavy atom. The fourth-order valence-electron chi connectivity index (χ4n) is 1.83. The molecule has 6 nitrogen and oxygen atoms in total. The van der Waals surface area contributed by atoms with Gasteiger partial charge in [0.25, 0.3) is 5.82 Å². The number of hydrogen-bond acceptors (Lipinski definition) is 3. The van der Waals surface area contributed by atoms with E-state index in [1.165, 1.54) is 0 Å². The average Bonchev–Trinajstić information content (AvgIpc) is 2.96. The van der Waals surface area contributed by atoms with Gasteiger partial charge in [0.2, 0.25) is 0 Å². The highest BCUT2D eigenvalue weighted by Gasteiger charge is 2.16. The first-order valence-corrected chi connectivity index (χ1v) is 5.21. The van der Waals surface area contributed by atoms with Crippen LogP contribution in [0.4, 0.5) is 0 Å². The third kappa shape index (κ3) is 1.45. The van der Waals surface area contributed by atoms with Gasteiger partial charge >= 0.3 is 0 Å². The quantitative estimate of drug-likeness (QED) is 0.655. The van der Waals surface area contributed by atoms with Gasteiger partial charge in [-0.05, 0) is 6.07 Å². The molecule has 0 bridgehead atoms. The van der Waals surface area contributed by atoms with Gasteiger partial charge in [0.15, 0.2) is 12.4 Å². The normalized spacial score (nSPS) is 10.9. The summed E-state index contributed by atoms with van der Waals surface area (Å²) in [5.74, 6) is 1.51. The lowest BCUT2D eigenvalue weighted by Gasteiger charge is -2.01. The number of nitrogens with zero attached hydrogens (tertiary/aromatic N) is 4. The molecule has 3 rings (SSSR count). The van der Waals surface area contributed by atoms with Crippen LogP contribution >= 0.6 is 0 Å². The van der Waals surface area contributed by atoms with Crippen molar-refractivity contribution in [1.29, 1.82) is 0 Å². The third-order valence-corrected chi connectivity index (χ3v) is 2.64. The fraction of sp³-hybridized carbons (Fsp3) is 0.182. The van der Waals surface area contributed by atoms with Crippen molar-refractivity contribution in [2.75, 3.05) is 7.11 Å². The number of fused-ring (bicyclic) bond motifs is 1. The lowest BCUT2D eigenvalue weighted by Crippen LogP contribution is -2.30. The molecule has 0 radical (unpaired) electrons. The van der Waals surface area contributed by atoms with E-state index in [2.05, 4.69) is 15.2 Å². The highest BCUT2D eigenvalue weighted by atomic mass is 16.5. The first-order valence-electron chi connectivity index (χ1n) is 5.21. The molecule has 0 aliphatic carbocycles. The standard InChI is InChI=1S/C11H12N5O/c1-15-5-6-16(14-15)11-10-8(3-4-12-10)9(17-2)7-13-11/h3-7,12H,1-2H3/q+1. The lowest BCUT2D eigenvalue weighted by atomic mass is 10.3. The van der Waals surface area contributed by atoms with E-state index in [0.717, 1.165) is 22.5 Å². The molecule has 17 heavy (non-hydrogen) atoms. The summed E-state index contributed by atoms with van der Waals surface area (Å²) in [4.78, 5) is 7.52. The van der Waals surface area contributed by atoms with Gasteiger partial charge in [-0.2, -0.15) is 0 Å². The van der Waals surface area contributed by atoms with Gasteiger partial charge in [-0.15, -0.1) is 4.68 Å². The van der Waals surface area contributed by atoms with Gasteiger partial charge in [0.05, 0.1) is 18.5 Å². The van der Waals surface area contributed by atoms with Crippen LogP contribution in [0.3, 0.4) is 0 Å².